The second-order valence-corrected chi connectivity index (χ2v) is 11.3. The molecular weight excluding hydrogens is 556 g/mol. The van der Waals surface area contributed by atoms with Crippen molar-refractivity contribution in [3.8, 4) is 0 Å². The van der Waals surface area contributed by atoms with Crippen molar-refractivity contribution in [1.82, 2.24) is 39.0 Å². The minimum absolute atomic E-state index is 0.214. The fourth-order valence-corrected chi connectivity index (χ4v) is 5.06. The highest BCUT2D eigenvalue weighted by Gasteiger charge is 2.51. The number of aromatic nitrogens is 8. The molecule has 0 bridgehead atoms. The number of nitrogens with two attached hydrogens (primary N) is 2. The number of hydrogen-bond donors (Lipinski definition) is 8. The molecule has 4 aromatic heterocycles. The number of anilines is 2. The molecule has 0 unspecified atom stereocenters. The van der Waals surface area contributed by atoms with Crippen molar-refractivity contribution >= 4 is 34.0 Å². The number of fused-ring (bicyclic) bond motifs is 2. The van der Waals surface area contributed by atoms with Gasteiger partial charge in [-0.15, -0.1) is 0 Å². The third kappa shape index (κ3) is 5.11. The Hall–Kier alpha value is -3.62. The summed E-state index contributed by atoms with van der Waals surface area (Å²) in [5, 5.41) is 60.5. The lowest BCUT2D eigenvalue weighted by molar-refractivity contribution is -0.122. The van der Waals surface area contributed by atoms with Crippen LogP contribution in [0.5, 0.6) is 0 Å². The fraction of sp³-hybridized carbons (Fsp3) is 0.583. The predicted molar refractivity (Wildman–Crippen MR) is 144 cm³/mol. The molecule has 0 spiro atoms. The van der Waals surface area contributed by atoms with Crippen LogP contribution < -0.4 is 11.5 Å². The molecule has 4 aromatic rings. The Kier molecular flexibility index (Phi) is 7.52. The van der Waals surface area contributed by atoms with Crippen LogP contribution in [-0.2, 0) is 9.47 Å². The van der Waals surface area contributed by atoms with E-state index in [4.69, 9.17) is 20.9 Å². The molecule has 0 aromatic carbocycles. The molecule has 42 heavy (non-hydrogen) atoms. The average molecular weight is 591 g/mol. The molecule has 18 nitrogen and oxygen atoms in total. The van der Waals surface area contributed by atoms with Crippen LogP contribution >= 0.6 is 0 Å². The minimum atomic E-state index is -1.31. The van der Waals surface area contributed by atoms with Gasteiger partial charge in [0.25, 0.3) is 0 Å². The first kappa shape index (κ1) is 29.9. The van der Waals surface area contributed by atoms with Gasteiger partial charge in [0.15, 0.2) is 35.4 Å². The van der Waals surface area contributed by atoms with E-state index in [2.05, 4.69) is 29.9 Å². The highest BCUT2D eigenvalue weighted by molar-refractivity contribution is 5.81. The first-order chi connectivity index (χ1) is 19.6. The van der Waals surface area contributed by atoms with Crippen molar-refractivity contribution in [2.45, 2.75) is 88.0 Å². The van der Waals surface area contributed by atoms with E-state index >= 15 is 0 Å². The smallest absolute Gasteiger partial charge is 0.167 e. The first-order valence-corrected chi connectivity index (χ1v) is 12.9. The van der Waals surface area contributed by atoms with Crippen LogP contribution in [0.2, 0.25) is 0 Å². The van der Waals surface area contributed by atoms with Gasteiger partial charge in [0.2, 0.25) is 0 Å². The number of aliphatic hydroxyl groups excluding tert-OH is 4. The molecule has 10 N–H and O–H groups in total. The molecule has 2 fully saturated rings. The van der Waals surface area contributed by atoms with Crippen LogP contribution in [0.25, 0.3) is 22.3 Å². The lowest BCUT2D eigenvalue weighted by Gasteiger charge is -2.27. The summed E-state index contributed by atoms with van der Waals surface area (Å²) in [5.41, 5.74) is 10.3. The van der Waals surface area contributed by atoms with E-state index in [1.807, 2.05) is 0 Å². The maximum atomic E-state index is 10.2. The molecule has 0 amide bonds. The lowest BCUT2D eigenvalue weighted by Crippen LogP contribution is -2.44. The van der Waals surface area contributed by atoms with Crippen molar-refractivity contribution in [3.05, 3.63) is 25.3 Å². The summed E-state index contributed by atoms with van der Waals surface area (Å²) in [6, 6.07) is 0. The molecule has 0 saturated carbocycles. The highest BCUT2D eigenvalue weighted by Crippen LogP contribution is 2.37. The molecule has 8 atom stereocenters. The molecular formula is C24H34N10O8. The normalized spacial score (nSPS) is 30.1. The molecule has 228 valence electrons. The number of hydrogen-bond acceptors (Lipinski definition) is 16. The minimum Gasteiger partial charge on any atom is -0.388 e. The van der Waals surface area contributed by atoms with Crippen LogP contribution in [0, 0.1) is 0 Å². The Morgan fingerprint density at radius 2 is 0.976 bits per heavy atom. The van der Waals surface area contributed by atoms with Gasteiger partial charge in [-0.25, -0.2) is 29.9 Å². The van der Waals surface area contributed by atoms with E-state index in [9.17, 15) is 30.6 Å². The van der Waals surface area contributed by atoms with Crippen LogP contribution in [-0.4, -0.2) is 118 Å². The summed E-state index contributed by atoms with van der Waals surface area (Å²) in [6.07, 6.45) is -3.26. The Bertz CT molecular complexity index is 1450. The maximum Gasteiger partial charge on any atom is 0.167 e. The number of nitrogens with zero attached hydrogens (tertiary/aromatic N) is 8. The zero-order chi connectivity index (χ0) is 30.7. The van der Waals surface area contributed by atoms with Gasteiger partial charge in [0, 0.05) is 0 Å². The summed E-state index contributed by atoms with van der Waals surface area (Å²) in [7, 11) is 0. The summed E-state index contributed by atoms with van der Waals surface area (Å²) in [6.45, 7) is 6.01. The first-order valence-electron chi connectivity index (χ1n) is 12.9. The Labute approximate surface area is 238 Å². The lowest BCUT2D eigenvalue weighted by atomic mass is 9.96. The van der Waals surface area contributed by atoms with Gasteiger partial charge in [0.05, 0.1) is 23.9 Å². The second-order valence-electron chi connectivity index (χ2n) is 11.3. The Balaban J connectivity index is 0.000000168. The summed E-state index contributed by atoms with van der Waals surface area (Å²) < 4.78 is 14.2. The zero-order valence-electron chi connectivity index (χ0n) is 23.2. The number of rotatable bonds is 4. The van der Waals surface area contributed by atoms with Crippen molar-refractivity contribution in [3.63, 3.8) is 0 Å². The molecule has 0 aliphatic carbocycles. The largest absolute Gasteiger partial charge is 0.388 e. The van der Waals surface area contributed by atoms with Gasteiger partial charge in [-0.05, 0) is 27.7 Å². The third-order valence-electron chi connectivity index (χ3n) is 7.19. The van der Waals surface area contributed by atoms with Gasteiger partial charge < -0.3 is 51.6 Å². The van der Waals surface area contributed by atoms with Crippen molar-refractivity contribution in [2.75, 3.05) is 11.5 Å². The average Bonchev–Trinajstić information content (AvgIpc) is 3.66. The van der Waals surface area contributed by atoms with Crippen LogP contribution in [0.4, 0.5) is 11.6 Å². The van der Waals surface area contributed by atoms with E-state index in [0.29, 0.717) is 22.3 Å². The van der Waals surface area contributed by atoms with Crippen LogP contribution in [0.1, 0.15) is 40.2 Å². The van der Waals surface area contributed by atoms with E-state index in [1.54, 1.807) is 0 Å². The molecule has 0 radical (unpaired) electrons. The summed E-state index contributed by atoms with van der Waals surface area (Å²) in [4.78, 5) is 24.0. The van der Waals surface area contributed by atoms with Crippen molar-refractivity contribution < 1.29 is 40.1 Å². The highest BCUT2D eigenvalue weighted by atomic mass is 16.6. The maximum absolute atomic E-state index is 10.2. The second kappa shape index (κ2) is 10.6. The Morgan fingerprint density at radius 3 is 1.29 bits per heavy atom. The molecule has 2 aliphatic rings. The number of aliphatic hydroxyl groups is 6. The zero-order valence-corrected chi connectivity index (χ0v) is 23.2. The molecule has 6 rings (SSSR count). The molecule has 18 heteroatoms. The van der Waals surface area contributed by atoms with Crippen LogP contribution in [0.15, 0.2) is 25.3 Å². The Morgan fingerprint density at radius 1 is 0.619 bits per heavy atom. The topological polar surface area (TPSA) is 279 Å². The monoisotopic (exact) mass is 590 g/mol. The predicted octanol–water partition coefficient (Wildman–Crippen LogP) is -2.40. The fourth-order valence-electron chi connectivity index (χ4n) is 5.06. The quantitative estimate of drug-likeness (QED) is 0.123. The van der Waals surface area contributed by atoms with Crippen LogP contribution in [0.3, 0.4) is 0 Å². The van der Waals surface area contributed by atoms with E-state index < -0.39 is 60.3 Å². The third-order valence-corrected chi connectivity index (χ3v) is 7.19. The van der Waals surface area contributed by atoms with Gasteiger partial charge in [-0.2, -0.15) is 0 Å². The molecule has 2 saturated heterocycles. The SMILES string of the molecule is CC(C)(O)[C@H]1O[C@@H](n2cnc3c(N)ncnc32)[C@H](O)[C@@H]1O.CC(C)(O)[C@H]1O[C@@H](n2cnc3c(N)ncnc32)[C@H](O)[C@@H]1O. The van der Waals surface area contributed by atoms with Crippen molar-refractivity contribution in [1.29, 1.82) is 0 Å². The number of imidazole rings is 2. The number of ether oxygens (including phenoxy) is 2. The molecule has 2 aliphatic heterocycles. The molecule has 6 heterocycles. The van der Waals surface area contributed by atoms with E-state index in [1.165, 1.54) is 62.1 Å². The van der Waals surface area contributed by atoms with E-state index in [0.717, 1.165) is 0 Å². The van der Waals surface area contributed by atoms with Gasteiger partial charge in [-0.3, -0.25) is 9.13 Å². The van der Waals surface area contributed by atoms with Gasteiger partial charge >= 0.3 is 0 Å². The summed E-state index contributed by atoms with van der Waals surface area (Å²) in [5.74, 6) is 0.427. The number of nitrogen functional groups attached to an aromatic ring is 2. The van der Waals surface area contributed by atoms with E-state index in [-0.39, 0.29) is 11.6 Å². The standard InChI is InChI=1S/2C12H17N5O4/c2*1-12(2,20)8-6(18)7(19)11(21-8)17-4-16-5-9(13)14-3-15-10(5)17/h2*3-4,6-8,11,18-20H,1-2H3,(H2,13,14,15)/t2*6-,7+,8-,11+/m00/s1. The van der Waals surface area contributed by atoms with Crippen molar-refractivity contribution in [2.24, 2.45) is 0 Å². The summed E-state index contributed by atoms with van der Waals surface area (Å²) >= 11 is 0. The van der Waals surface area contributed by atoms with Gasteiger partial charge in [-0.1, -0.05) is 0 Å². The van der Waals surface area contributed by atoms with Gasteiger partial charge in [0.1, 0.15) is 60.3 Å².